The van der Waals surface area contributed by atoms with Gasteiger partial charge in [0.15, 0.2) is 0 Å². The lowest BCUT2D eigenvalue weighted by Gasteiger charge is -2.31. The number of hydrogen-bond acceptors (Lipinski definition) is 4. The molecular formula is C17H28N2O2. The maximum Gasteiger partial charge on any atom is 0.127 e. The fourth-order valence-corrected chi connectivity index (χ4v) is 2.92. The van der Waals surface area contributed by atoms with Gasteiger partial charge in [0.2, 0.25) is 0 Å². The summed E-state index contributed by atoms with van der Waals surface area (Å²) in [6.45, 7) is 7.86. The molecule has 0 unspecified atom stereocenters. The van der Waals surface area contributed by atoms with Gasteiger partial charge in [0, 0.05) is 18.2 Å². The molecule has 2 rings (SSSR count). The normalized spacial score (nSPS) is 16.9. The molecule has 0 saturated carbocycles. The van der Waals surface area contributed by atoms with E-state index >= 15 is 0 Å². The number of benzene rings is 1. The van der Waals surface area contributed by atoms with E-state index in [4.69, 9.17) is 9.47 Å². The van der Waals surface area contributed by atoms with Crippen LogP contribution in [0.25, 0.3) is 0 Å². The van der Waals surface area contributed by atoms with Crippen LogP contribution in [0.1, 0.15) is 25.3 Å². The third-order valence-corrected chi connectivity index (χ3v) is 4.40. The smallest absolute Gasteiger partial charge is 0.127 e. The molecule has 0 aliphatic carbocycles. The summed E-state index contributed by atoms with van der Waals surface area (Å²) in [7, 11) is 3.38. The number of rotatable bonds is 7. The van der Waals surface area contributed by atoms with E-state index in [1.165, 1.54) is 38.0 Å². The van der Waals surface area contributed by atoms with E-state index in [-0.39, 0.29) is 0 Å². The largest absolute Gasteiger partial charge is 0.497 e. The lowest BCUT2D eigenvalue weighted by Crippen LogP contribution is -2.36. The third-order valence-electron chi connectivity index (χ3n) is 4.40. The molecule has 1 aromatic carbocycles. The lowest BCUT2D eigenvalue weighted by atomic mass is 9.97. The van der Waals surface area contributed by atoms with Crippen molar-refractivity contribution in [2.24, 2.45) is 5.92 Å². The maximum atomic E-state index is 5.43. The number of piperidine rings is 1. The fourth-order valence-electron chi connectivity index (χ4n) is 2.92. The van der Waals surface area contributed by atoms with Gasteiger partial charge in [-0.15, -0.1) is 0 Å². The van der Waals surface area contributed by atoms with E-state index in [9.17, 15) is 0 Å². The summed E-state index contributed by atoms with van der Waals surface area (Å²) in [5.41, 5.74) is 1.18. The van der Waals surface area contributed by atoms with Crippen LogP contribution in [0.15, 0.2) is 18.2 Å². The topological polar surface area (TPSA) is 33.7 Å². The molecule has 1 aliphatic rings. The van der Waals surface area contributed by atoms with E-state index in [0.717, 1.165) is 30.5 Å². The van der Waals surface area contributed by atoms with Gasteiger partial charge < -0.3 is 19.7 Å². The first-order valence-electron chi connectivity index (χ1n) is 7.90. The van der Waals surface area contributed by atoms with Crippen molar-refractivity contribution in [1.29, 1.82) is 0 Å². The molecule has 0 radical (unpaired) electrons. The summed E-state index contributed by atoms with van der Waals surface area (Å²) in [5, 5.41) is 3.58. The molecule has 1 aromatic rings. The van der Waals surface area contributed by atoms with Crippen LogP contribution in [0.3, 0.4) is 0 Å². The Morgan fingerprint density at radius 3 is 2.57 bits per heavy atom. The van der Waals surface area contributed by atoms with Gasteiger partial charge in [-0.2, -0.15) is 0 Å². The van der Waals surface area contributed by atoms with E-state index in [0.29, 0.717) is 0 Å². The summed E-state index contributed by atoms with van der Waals surface area (Å²) in [4.78, 5) is 2.53. The zero-order chi connectivity index (χ0) is 15.1. The summed E-state index contributed by atoms with van der Waals surface area (Å²) in [6.07, 6.45) is 2.61. The maximum absolute atomic E-state index is 5.43. The summed E-state index contributed by atoms with van der Waals surface area (Å²) in [5.74, 6) is 2.53. The molecular weight excluding hydrogens is 264 g/mol. The van der Waals surface area contributed by atoms with E-state index in [1.807, 2.05) is 12.1 Å². The molecule has 118 valence electrons. The molecule has 1 heterocycles. The molecule has 1 N–H and O–H groups in total. The third kappa shape index (κ3) is 4.61. The molecule has 0 aromatic heterocycles. The molecule has 0 atom stereocenters. The van der Waals surface area contributed by atoms with Gasteiger partial charge in [-0.1, -0.05) is 13.0 Å². The summed E-state index contributed by atoms with van der Waals surface area (Å²) >= 11 is 0. The Kier molecular flexibility index (Phi) is 6.33. The molecule has 0 spiro atoms. The highest BCUT2D eigenvalue weighted by atomic mass is 16.5. The Hall–Kier alpha value is -1.26. The van der Waals surface area contributed by atoms with Gasteiger partial charge in [0.1, 0.15) is 11.5 Å². The van der Waals surface area contributed by atoms with E-state index < -0.39 is 0 Å². The van der Waals surface area contributed by atoms with Crippen LogP contribution in [-0.2, 0) is 6.54 Å². The standard InChI is InChI=1S/C17H28N2O2/c1-4-19-9-7-14(8-10-19)12-18-13-15-5-6-16(20-2)11-17(15)21-3/h5-6,11,14,18H,4,7-10,12-13H2,1-3H3. The Morgan fingerprint density at radius 2 is 1.95 bits per heavy atom. The summed E-state index contributed by atoms with van der Waals surface area (Å²) in [6, 6.07) is 6.00. The highest BCUT2D eigenvalue weighted by molar-refractivity contribution is 5.40. The Bertz CT molecular complexity index is 429. The van der Waals surface area contributed by atoms with Crippen LogP contribution in [0.2, 0.25) is 0 Å². The number of hydrogen-bond donors (Lipinski definition) is 1. The second-order valence-corrected chi connectivity index (χ2v) is 5.69. The minimum atomic E-state index is 0.803. The second-order valence-electron chi connectivity index (χ2n) is 5.69. The van der Waals surface area contributed by atoms with Crippen molar-refractivity contribution in [2.45, 2.75) is 26.3 Å². The van der Waals surface area contributed by atoms with Crippen molar-refractivity contribution >= 4 is 0 Å². The molecule has 1 saturated heterocycles. The highest BCUT2D eigenvalue weighted by Gasteiger charge is 2.17. The van der Waals surface area contributed by atoms with Gasteiger partial charge in [-0.05, 0) is 51.0 Å². The van der Waals surface area contributed by atoms with Crippen molar-refractivity contribution in [1.82, 2.24) is 10.2 Å². The van der Waals surface area contributed by atoms with Crippen LogP contribution in [0.4, 0.5) is 0 Å². The predicted molar refractivity (Wildman–Crippen MR) is 86.1 cm³/mol. The van der Waals surface area contributed by atoms with Crippen LogP contribution >= 0.6 is 0 Å². The van der Waals surface area contributed by atoms with Crippen LogP contribution in [0.5, 0.6) is 11.5 Å². The van der Waals surface area contributed by atoms with Crippen LogP contribution < -0.4 is 14.8 Å². The zero-order valence-electron chi connectivity index (χ0n) is 13.5. The van der Waals surface area contributed by atoms with Crippen LogP contribution in [0, 0.1) is 5.92 Å². The van der Waals surface area contributed by atoms with E-state index in [1.54, 1.807) is 14.2 Å². The average molecular weight is 292 g/mol. The minimum Gasteiger partial charge on any atom is -0.497 e. The Morgan fingerprint density at radius 1 is 1.19 bits per heavy atom. The van der Waals surface area contributed by atoms with Gasteiger partial charge in [-0.3, -0.25) is 0 Å². The molecule has 0 amide bonds. The van der Waals surface area contributed by atoms with Crippen molar-refractivity contribution in [3.63, 3.8) is 0 Å². The van der Waals surface area contributed by atoms with Gasteiger partial charge >= 0.3 is 0 Å². The van der Waals surface area contributed by atoms with Gasteiger partial charge in [0.05, 0.1) is 14.2 Å². The monoisotopic (exact) mass is 292 g/mol. The molecule has 1 aliphatic heterocycles. The number of methoxy groups -OCH3 is 2. The Labute approximate surface area is 128 Å². The fraction of sp³-hybridized carbons (Fsp3) is 0.647. The second kappa shape index (κ2) is 8.25. The highest BCUT2D eigenvalue weighted by Crippen LogP contribution is 2.24. The average Bonchev–Trinajstić information content (AvgIpc) is 2.55. The van der Waals surface area contributed by atoms with Crippen molar-refractivity contribution in [2.75, 3.05) is 40.4 Å². The van der Waals surface area contributed by atoms with Crippen molar-refractivity contribution < 1.29 is 9.47 Å². The first-order valence-corrected chi connectivity index (χ1v) is 7.90. The predicted octanol–water partition coefficient (Wildman–Crippen LogP) is 2.53. The SMILES string of the molecule is CCN1CCC(CNCc2ccc(OC)cc2OC)CC1. The van der Waals surface area contributed by atoms with Gasteiger partial charge in [-0.25, -0.2) is 0 Å². The molecule has 0 bridgehead atoms. The Balaban J connectivity index is 1.78. The number of likely N-dealkylation sites (tertiary alicyclic amines) is 1. The van der Waals surface area contributed by atoms with Crippen LogP contribution in [-0.4, -0.2) is 45.3 Å². The molecule has 21 heavy (non-hydrogen) atoms. The number of nitrogens with one attached hydrogen (secondary N) is 1. The number of nitrogens with zero attached hydrogens (tertiary/aromatic N) is 1. The first kappa shape index (κ1) is 16.1. The van der Waals surface area contributed by atoms with Crippen molar-refractivity contribution in [3.8, 4) is 11.5 Å². The number of ether oxygens (including phenoxy) is 2. The first-order chi connectivity index (χ1) is 10.3. The molecule has 4 nitrogen and oxygen atoms in total. The minimum absolute atomic E-state index is 0.803. The van der Waals surface area contributed by atoms with E-state index in [2.05, 4.69) is 23.2 Å². The van der Waals surface area contributed by atoms with Crippen molar-refractivity contribution in [3.05, 3.63) is 23.8 Å². The molecule has 4 heteroatoms. The summed E-state index contributed by atoms with van der Waals surface area (Å²) < 4.78 is 10.7. The van der Waals surface area contributed by atoms with Gasteiger partial charge in [0.25, 0.3) is 0 Å². The quantitative estimate of drug-likeness (QED) is 0.837. The lowest BCUT2D eigenvalue weighted by molar-refractivity contribution is 0.190. The zero-order valence-corrected chi connectivity index (χ0v) is 13.5. The molecule has 1 fully saturated rings.